The first kappa shape index (κ1) is 30.6. The molecule has 0 bridgehead atoms. The highest BCUT2D eigenvalue weighted by Gasteiger charge is 2.43. The van der Waals surface area contributed by atoms with Gasteiger partial charge in [0.25, 0.3) is 5.91 Å². The molecule has 5 unspecified atom stereocenters. The normalized spacial score (nSPS) is 23.8. The number of benzene rings is 1. The van der Waals surface area contributed by atoms with Crippen LogP contribution in [0.25, 0.3) is 0 Å². The van der Waals surface area contributed by atoms with E-state index in [4.69, 9.17) is 14.2 Å². The molecule has 11 heteroatoms. The van der Waals surface area contributed by atoms with Crippen LogP contribution in [0.4, 0.5) is 5.69 Å². The summed E-state index contributed by atoms with van der Waals surface area (Å²) in [6, 6.07) is 2.70. The number of carbonyl (C=O) groups is 5. The number of unbranched alkanes of at least 4 members (excludes halogenated alkanes) is 1. The van der Waals surface area contributed by atoms with Crippen molar-refractivity contribution in [3.05, 3.63) is 23.8 Å². The van der Waals surface area contributed by atoms with Crippen LogP contribution in [0.1, 0.15) is 77.1 Å². The van der Waals surface area contributed by atoms with Crippen molar-refractivity contribution in [3.63, 3.8) is 0 Å². The molecule has 0 radical (unpaired) electrons. The van der Waals surface area contributed by atoms with Crippen LogP contribution in [0.5, 0.6) is 5.75 Å². The molecule has 0 aliphatic carbocycles. The molecule has 1 saturated heterocycles. The third-order valence-electron chi connectivity index (χ3n) is 6.33. The van der Waals surface area contributed by atoms with E-state index in [9.17, 15) is 29.1 Å². The van der Waals surface area contributed by atoms with Gasteiger partial charge in [0.1, 0.15) is 12.2 Å². The maximum absolute atomic E-state index is 13.2. The molecule has 5 atom stereocenters. The first-order valence-electron chi connectivity index (χ1n) is 12.9. The van der Waals surface area contributed by atoms with E-state index in [0.717, 1.165) is 6.42 Å². The first-order valence-corrected chi connectivity index (χ1v) is 12.9. The van der Waals surface area contributed by atoms with E-state index in [0.29, 0.717) is 25.7 Å². The number of ether oxygens (including phenoxy) is 3. The molecule has 1 fully saturated rings. The molecule has 38 heavy (non-hydrogen) atoms. The van der Waals surface area contributed by atoms with Crippen molar-refractivity contribution in [2.45, 2.75) is 91.1 Å². The van der Waals surface area contributed by atoms with E-state index < -0.39 is 59.8 Å². The van der Waals surface area contributed by atoms with Gasteiger partial charge in [0.05, 0.1) is 17.2 Å². The highest BCUT2D eigenvalue weighted by Crippen LogP contribution is 2.29. The smallest absolute Gasteiger partial charge is 0.332 e. The number of phenols is 1. The number of hydrogen-bond donors (Lipinski definition) is 3. The van der Waals surface area contributed by atoms with Crippen molar-refractivity contribution >= 4 is 35.9 Å². The van der Waals surface area contributed by atoms with Gasteiger partial charge >= 0.3 is 17.9 Å². The van der Waals surface area contributed by atoms with Crippen LogP contribution in [0.2, 0.25) is 0 Å². The Kier molecular flexibility index (Phi) is 11.5. The lowest BCUT2D eigenvalue weighted by Crippen LogP contribution is -2.50. The van der Waals surface area contributed by atoms with Gasteiger partial charge in [-0.2, -0.15) is 0 Å². The van der Waals surface area contributed by atoms with Crippen LogP contribution >= 0.6 is 0 Å². The Morgan fingerprint density at radius 1 is 1.13 bits per heavy atom. The average Bonchev–Trinajstić information content (AvgIpc) is 2.88. The predicted molar refractivity (Wildman–Crippen MR) is 137 cm³/mol. The van der Waals surface area contributed by atoms with Crippen LogP contribution < -0.4 is 10.6 Å². The largest absolute Gasteiger partial charge is 0.505 e. The quantitative estimate of drug-likeness (QED) is 0.168. The van der Waals surface area contributed by atoms with Gasteiger partial charge in [-0.1, -0.05) is 39.7 Å². The molecule has 0 aromatic heterocycles. The lowest BCUT2D eigenvalue weighted by molar-refractivity contribution is -0.175. The molecule has 2 amide bonds. The van der Waals surface area contributed by atoms with E-state index in [1.165, 1.54) is 32.0 Å². The number of nitrogens with one attached hydrogen (secondary N) is 2. The zero-order valence-electron chi connectivity index (χ0n) is 22.5. The molecule has 1 aliphatic heterocycles. The Bertz CT molecular complexity index is 1010. The van der Waals surface area contributed by atoms with Gasteiger partial charge in [0.15, 0.2) is 17.9 Å². The summed E-state index contributed by atoms with van der Waals surface area (Å²) in [4.78, 5) is 62.7. The number of aromatic hydroxyl groups is 1. The van der Waals surface area contributed by atoms with Gasteiger partial charge in [-0.3, -0.25) is 19.2 Å². The molecule has 0 spiro atoms. The van der Waals surface area contributed by atoms with Crippen molar-refractivity contribution in [2.75, 3.05) is 5.32 Å². The summed E-state index contributed by atoms with van der Waals surface area (Å²) in [6.07, 6.45) is -0.311. The summed E-state index contributed by atoms with van der Waals surface area (Å²) in [5.41, 5.74) is -0.215. The van der Waals surface area contributed by atoms with E-state index in [1.807, 2.05) is 20.8 Å². The van der Waals surface area contributed by atoms with E-state index in [1.54, 1.807) is 0 Å². The number of esters is 3. The Morgan fingerprint density at radius 2 is 1.82 bits per heavy atom. The summed E-state index contributed by atoms with van der Waals surface area (Å²) >= 11 is 0. The highest BCUT2D eigenvalue weighted by molar-refractivity contribution is 6.01. The zero-order chi connectivity index (χ0) is 28.4. The molecule has 0 saturated carbocycles. The Balaban J connectivity index is 2.32. The van der Waals surface area contributed by atoms with E-state index >= 15 is 0 Å². The van der Waals surface area contributed by atoms with Crippen molar-refractivity contribution < 1.29 is 43.3 Å². The SMILES string of the molecule is CCCCC1C(=O)OC(C)C(NC(=O)c2cccc(NC=O)c2O)C(=O)OC(C)C1OC(=O)CCC(C)C. The summed E-state index contributed by atoms with van der Waals surface area (Å²) in [6.45, 7) is 8.87. The molecule has 3 N–H and O–H groups in total. The van der Waals surface area contributed by atoms with Crippen LogP contribution in [0.3, 0.4) is 0 Å². The third kappa shape index (κ3) is 8.19. The molecular formula is C27H38N2O9. The highest BCUT2D eigenvalue weighted by atomic mass is 16.6. The van der Waals surface area contributed by atoms with E-state index in [2.05, 4.69) is 10.6 Å². The van der Waals surface area contributed by atoms with Gasteiger partial charge in [-0.15, -0.1) is 0 Å². The standard InChI is InChI=1S/C27H38N2O9/c1-6-7-9-19-24(38-21(31)13-12-15(2)3)17(5)37-27(35)22(16(4)36-26(19)34)29-25(33)18-10-8-11-20(23(18)32)28-14-30/h8,10-11,14-17,19,22,24,32H,6-7,9,12-13H2,1-5H3,(H,28,30)(H,29,33). The number of para-hydroxylation sites is 1. The second kappa shape index (κ2) is 14.3. The lowest BCUT2D eigenvalue weighted by atomic mass is 9.92. The molecule has 1 aromatic rings. The minimum absolute atomic E-state index is 0.00122. The Hall–Kier alpha value is -3.63. The number of anilines is 1. The first-order chi connectivity index (χ1) is 18.0. The number of phenolic OH excluding ortho intramolecular Hbond substituents is 1. The predicted octanol–water partition coefficient (Wildman–Crippen LogP) is 3.09. The summed E-state index contributed by atoms with van der Waals surface area (Å²) in [5, 5.41) is 15.1. The molecule has 210 valence electrons. The van der Waals surface area contributed by atoms with Crippen LogP contribution in [0, 0.1) is 11.8 Å². The maximum Gasteiger partial charge on any atom is 0.332 e. The van der Waals surface area contributed by atoms with Crippen LogP contribution in [0.15, 0.2) is 18.2 Å². The molecule has 1 heterocycles. The fourth-order valence-corrected chi connectivity index (χ4v) is 4.12. The minimum atomic E-state index is -1.42. The van der Waals surface area contributed by atoms with Gasteiger partial charge in [-0.05, 0) is 44.7 Å². The fraction of sp³-hybridized carbons (Fsp3) is 0.593. The molecule has 1 aliphatic rings. The summed E-state index contributed by atoms with van der Waals surface area (Å²) in [7, 11) is 0. The van der Waals surface area contributed by atoms with E-state index in [-0.39, 0.29) is 23.6 Å². The van der Waals surface area contributed by atoms with Crippen molar-refractivity contribution in [1.29, 1.82) is 0 Å². The van der Waals surface area contributed by atoms with Crippen LogP contribution in [-0.2, 0) is 33.4 Å². The Morgan fingerprint density at radius 3 is 2.45 bits per heavy atom. The topological polar surface area (TPSA) is 157 Å². The Labute approximate surface area is 222 Å². The average molecular weight is 535 g/mol. The summed E-state index contributed by atoms with van der Waals surface area (Å²) < 4.78 is 16.9. The van der Waals surface area contributed by atoms with Gasteiger partial charge in [0.2, 0.25) is 6.41 Å². The van der Waals surface area contributed by atoms with Gasteiger partial charge in [0, 0.05) is 6.42 Å². The lowest BCUT2D eigenvalue weighted by Gasteiger charge is -2.29. The van der Waals surface area contributed by atoms with Gasteiger partial charge < -0.3 is 30.0 Å². The zero-order valence-corrected chi connectivity index (χ0v) is 22.5. The molecule has 2 rings (SSSR count). The fourth-order valence-electron chi connectivity index (χ4n) is 4.12. The molecule has 1 aromatic carbocycles. The van der Waals surface area contributed by atoms with Crippen molar-refractivity contribution in [1.82, 2.24) is 5.32 Å². The summed E-state index contributed by atoms with van der Waals surface area (Å²) in [5.74, 6) is -4.01. The molecular weight excluding hydrogens is 496 g/mol. The number of rotatable bonds is 11. The van der Waals surface area contributed by atoms with Crippen LogP contribution in [-0.4, -0.2) is 59.7 Å². The second-order valence-corrected chi connectivity index (χ2v) is 9.83. The minimum Gasteiger partial charge on any atom is -0.505 e. The maximum atomic E-state index is 13.2. The van der Waals surface area contributed by atoms with Crippen molar-refractivity contribution in [2.24, 2.45) is 11.8 Å². The number of cyclic esters (lactones) is 2. The number of amides is 2. The molecule has 11 nitrogen and oxygen atoms in total. The second-order valence-electron chi connectivity index (χ2n) is 9.83. The third-order valence-corrected chi connectivity index (χ3v) is 6.33. The monoisotopic (exact) mass is 534 g/mol. The van der Waals surface area contributed by atoms with Gasteiger partial charge in [-0.25, -0.2) is 4.79 Å². The number of carbonyl (C=O) groups excluding carboxylic acids is 5. The number of hydrogen-bond acceptors (Lipinski definition) is 9. The van der Waals surface area contributed by atoms with Crippen molar-refractivity contribution in [3.8, 4) is 5.75 Å².